The number of fused-ring (bicyclic) bond motifs is 1. The summed E-state index contributed by atoms with van der Waals surface area (Å²) in [5.41, 5.74) is 6.94. The summed E-state index contributed by atoms with van der Waals surface area (Å²) >= 11 is 0. The fourth-order valence-electron chi connectivity index (χ4n) is 4.01. The van der Waals surface area contributed by atoms with Crippen LogP contribution in [-0.4, -0.2) is 20.7 Å². The third kappa shape index (κ3) is 4.13. The molecule has 162 valence electrons. The quantitative estimate of drug-likeness (QED) is 0.352. The first-order valence-electron chi connectivity index (χ1n) is 11.0. The lowest BCUT2D eigenvalue weighted by Crippen LogP contribution is -2.13. The number of hydrogen-bond donors (Lipinski definition) is 1. The molecule has 0 aliphatic carbocycles. The number of nitrogens with one attached hydrogen (secondary N) is 1. The first kappa shape index (κ1) is 20.6. The maximum atomic E-state index is 13.4. The Morgan fingerprint density at radius 3 is 2.33 bits per heavy atom. The van der Waals surface area contributed by atoms with E-state index in [-0.39, 0.29) is 5.91 Å². The van der Waals surface area contributed by atoms with Gasteiger partial charge < -0.3 is 5.32 Å². The zero-order chi connectivity index (χ0) is 22.8. The third-order valence-corrected chi connectivity index (χ3v) is 5.76. The van der Waals surface area contributed by atoms with Crippen molar-refractivity contribution in [1.29, 1.82) is 0 Å². The second kappa shape index (κ2) is 8.71. The van der Waals surface area contributed by atoms with Crippen LogP contribution in [0.5, 0.6) is 0 Å². The Kier molecular flexibility index (Phi) is 5.45. The highest BCUT2D eigenvalue weighted by molar-refractivity contribution is 6.13. The van der Waals surface area contributed by atoms with Crippen LogP contribution in [-0.2, 0) is 6.54 Å². The van der Waals surface area contributed by atoms with Gasteiger partial charge >= 0.3 is 0 Å². The number of carbonyl (C=O) groups is 1. The smallest absolute Gasteiger partial charge is 0.256 e. The van der Waals surface area contributed by atoms with Crippen LogP contribution >= 0.6 is 0 Å². The molecule has 2 aromatic heterocycles. The van der Waals surface area contributed by atoms with Crippen molar-refractivity contribution in [2.24, 2.45) is 0 Å². The highest BCUT2D eigenvalue weighted by Crippen LogP contribution is 2.28. The van der Waals surface area contributed by atoms with Crippen LogP contribution in [0.25, 0.3) is 33.3 Å². The zero-order valence-electron chi connectivity index (χ0n) is 18.6. The van der Waals surface area contributed by atoms with E-state index in [1.165, 1.54) is 0 Å². The van der Waals surface area contributed by atoms with Crippen LogP contribution in [0.4, 0.5) is 5.69 Å². The first-order chi connectivity index (χ1) is 16.1. The summed E-state index contributed by atoms with van der Waals surface area (Å²) in [4.78, 5) is 18.2. The lowest BCUT2D eigenvalue weighted by Gasteiger charge is -2.11. The molecular formula is C28H24N4O. The number of benzene rings is 3. The summed E-state index contributed by atoms with van der Waals surface area (Å²) in [6.45, 7) is 4.79. The van der Waals surface area contributed by atoms with E-state index in [2.05, 4.69) is 22.5 Å². The molecule has 3 aromatic carbocycles. The number of amides is 1. The van der Waals surface area contributed by atoms with E-state index in [1.807, 2.05) is 97.5 Å². The monoisotopic (exact) mass is 432 g/mol. The summed E-state index contributed by atoms with van der Waals surface area (Å²) < 4.78 is 1.88. The van der Waals surface area contributed by atoms with Crippen LogP contribution in [0.2, 0.25) is 0 Å². The predicted octanol–water partition coefficient (Wildman–Crippen LogP) is 6.35. The summed E-state index contributed by atoms with van der Waals surface area (Å²) in [6.07, 6.45) is 1.98. The number of pyridine rings is 1. The third-order valence-electron chi connectivity index (χ3n) is 5.76. The number of rotatable bonds is 5. The van der Waals surface area contributed by atoms with Gasteiger partial charge in [0.1, 0.15) is 0 Å². The van der Waals surface area contributed by atoms with Crippen molar-refractivity contribution in [3.8, 4) is 22.4 Å². The molecule has 5 heteroatoms. The van der Waals surface area contributed by atoms with E-state index in [0.29, 0.717) is 5.56 Å². The van der Waals surface area contributed by atoms with Gasteiger partial charge in [0, 0.05) is 29.4 Å². The maximum Gasteiger partial charge on any atom is 0.256 e. The second-order valence-corrected chi connectivity index (χ2v) is 7.95. The molecule has 5 nitrogen and oxygen atoms in total. The van der Waals surface area contributed by atoms with Crippen LogP contribution < -0.4 is 5.32 Å². The molecule has 0 unspecified atom stereocenters. The fraction of sp³-hybridized carbons (Fsp3) is 0.107. The normalized spacial score (nSPS) is 11.0. The molecular weight excluding hydrogens is 408 g/mol. The van der Waals surface area contributed by atoms with Crippen molar-refractivity contribution >= 4 is 22.5 Å². The molecule has 0 fully saturated rings. The van der Waals surface area contributed by atoms with Gasteiger partial charge in [-0.1, -0.05) is 60.7 Å². The summed E-state index contributed by atoms with van der Waals surface area (Å²) in [5.74, 6) is -0.164. The molecule has 0 bridgehead atoms. The predicted molar refractivity (Wildman–Crippen MR) is 133 cm³/mol. The Hall–Kier alpha value is -4.25. The zero-order valence-corrected chi connectivity index (χ0v) is 18.6. The average Bonchev–Trinajstić information content (AvgIpc) is 3.25. The van der Waals surface area contributed by atoms with Gasteiger partial charge in [0.25, 0.3) is 5.91 Å². The van der Waals surface area contributed by atoms with Crippen molar-refractivity contribution in [3.63, 3.8) is 0 Å². The van der Waals surface area contributed by atoms with E-state index in [4.69, 9.17) is 4.98 Å². The van der Waals surface area contributed by atoms with Crippen LogP contribution in [0.15, 0.2) is 91.1 Å². The van der Waals surface area contributed by atoms with E-state index in [0.717, 1.165) is 51.2 Å². The summed E-state index contributed by atoms with van der Waals surface area (Å²) in [6, 6.07) is 27.7. The number of nitrogens with zero attached hydrogens (tertiary/aromatic N) is 3. The topological polar surface area (TPSA) is 59.8 Å². The molecule has 0 aliphatic heterocycles. The van der Waals surface area contributed by atoms with Crippen molar-refractivity contribution in [1.82, 2.24) is 14.8 Å². The Morgan fingerprint density at radius 2 is 1.61 bits per heavy atom. The largest absolute Gasteiger partial charge is 0.322 e. The molecule has 0 atom stereocenters. The lowest BCUT2D eigenvalue weighted by molar-refractivity contribution is 0.102. The number of aryl methyl sites for hydroxylation is 2. The fourth-order valence-corrected chi connectivity index (χ4v) is 4.01. The minimum absolute atomic E-state index is 0.164. The first-order valence-corrected chi connectivity index (χ1v) is 11.0. The molecule has 33 heavy (non-hydrogen) atoms. The Bertz CT molecular complexity index is 1440. The number of para-hydroxylation sites is 1. The molecule has 1 amide bonds. The minimum Gasteiger partial charge on any atom is -0.322 e. The van der Waals surface area contributed by atoms with Gasteiger partial charge in [0.15, 0.2) is 0 Å². The average molecular weight is 433 g/mol. The Morgan fingerprint density at radius 1 is 0.909 bits per heavy atom. The highest BCUT2D eigenvalue weighted by Gasteiger charge is 2.16. The molecule has 0 spiro atoms. The molecule has 5 aromatic rings. The second-order valence-electron chi connectivity index (χ2n) is 7.95. The van der Waals surface area contributed by atoms with E-state index in [9.17, 15) is 4.79 Å². The number of carbonyl (C=O) groups excluding carboxylic acids is 1. The minimum atomic E-state index is -0.164. The van der Waals surface area contributed by atoms with Crippen LogP contribution in [0.1, 0.15) is 23.0 Å². The standard InChI is InChI=1S/C28H24N4O/c1-3-32-18-25(19(2)31-32)27-17-24(23-11-7-8-12-26(23)30-27)28(33)29-22-15-13-21(14-16-22)20-9-5-4-6-10-20/h4-18H,3H2,1-2H3,(H,29,33). The van der Waals surface area contributed by atoms with Crippen molar-refractivity contribution < 1.29 is 4.79 Å². The molecule has 5 rings (SSSR count). The van der Waals surface area contributed by atoms with Gasteiger partial charge in [-0.3, -0.25) is 9.48 Å². The van der Waals surface area contributed by atoms with E-state index in [1.54, 1.807) is 0 Å². The van der Waals surface area contributed by atoms with Crippen molar-refractivity contribution in [2.45, 2.75) is 20.4 Å². The Labute approximate surface area is 192 Å². The van der Waals surface area contributed by atoms with Crippen molar-refractivity contribution in [3.05, 3.63) is 102 Å². The molecule has 1 N–H and O–H groups in total. The molecule has 0 aliphatic rings. The van der Waals surface area contributed by atoms with Gasteiger partial charge in [-0.25, -0.2) is 4.98 Å². The number of aromatic nitrogens is 3. The lowest BCUT2D eigenvalue weighted by atomic mass is 10.0. The molecule has 2 heterocycles. The van der Waals surface area contributed by atoms with Gasteiger partial charge in [-0.15, -0.1) is 0 Å². The van der Waals surface area contributed by atoms with Gasteiger partial charge in [-0.2, -0.15) is 5.10 Å². The molecule has 0 saturated heterocycles. The van der Waals surface area contributed by atoms with Gasteiger partial charge in [-0.05, 0) is 49.2 Å². The number of hydrogen-bond acceptors (Lipinski definition) is 3. The van der Waals surface area contributed by atoms with Crippen molar-refractivity contribution in [2.75, 3.05) is 5.32 Å². The molecule has 0 radical (unpaired) electrons. The summed E-state index contributed by atoms with van der Waals surface area (Å²) in [5, 5.41) is 8.41. The SMILES string of the molecule is CCn1cc(-c2cc(C(=O)Nc3ccc(-c4ccccc4)cc3)c3ccccc3n2)c(C)n1. The van der Waals surface area contributed by atoms with E-state index < -0.39 is 0 Å². The Balaban J connectivity index is 1.49. The van der Waals surface area contributed by atoms with Gasteiger partial charge in [0.2, 0.25) is 0 Å². The van der Waals surface area contributed by atoms with Crippen LogP contribution in [0.3, 0.4) is 0 Å². The number of anilines is 1. The van der Waals surface area contributed by atoms with Gasteiger partial charge in [0.05, 0.1) is 22.5 Å². The summed E-state index contributed by atoms with van der Waals surface area (Å²) in [7, 11) is 0. The molecule has 0 saturated carbocycles. The van der Waals surface area contributed by atoms with E-state index >= 15 is 0 Å². The van der Waals surface area contributed by atoms with Crippen LogP contribution in [0, 0.1) is 6.92 Å². The maximum absolute atomic E-state index is 13.4. The highest BCUT2D eigenvalue weighted by atomic mass is 16.1.